The maximum atomic E-state index is 11.9. The average molecular weight is 244 g/mol. The fourth-order valence-electron chi connectivity index (χ4n) is 3.33. The maximum absolute atomic E-state index is 11.9. The second-order valence-electron chi connectivity index (χ2n) is 5.59. The van der Waals surface area contributed by atoms with Gasteiger partial charge in [-0.15, -0.1) is 0 Å². The summed E-state index contributed by atoms with van der Waals surface area (Å²) in [5.41, 5.74) is 1.37. The van der Waals surface area contributed by atoms with E-state index in [-0.39, 0.29) is 0 Å². The third-order valence-corrected chi connectivity index (χ3v) is 4.27. The van der Waals surface area contributed by atoms with Gasteiger partial charge in [0.25, 0.3) is 0 Å². The van der Waals surface area contributed by atoms with Gasteiger partial charge in [0.05, 0.1) is 0 Å². The van der Waals surface area contributed by atoms with Crippen molar-refractivity contribution in [3.63, 3.8) is 0 Å². The van der Waals surface area contributed by atoms with E-state index in [1.165, 1.54) is 5.56 Å². The Morgan fingerprint density at radius 3 is 2.78 bits per heavy atom. The molecule has 0 aliphatic carbocycles. The van der Waals surface area contributed by atoms with E-state index in [4.69, 9.17) is 0 Å². The molecule has 2 saturated heterocycles. The fourth-order valence-corrected chi connectivity index (χ4v) is 3.33. The van der Waals surface area contributed by atoms with Crippen LogP contribution in [0.3, 0.4) is 0 Å². The number of piperidine rings is 1. The van der Waals surface area contributed by atoms with Crippen LogP contribution in [0.2, 0.25) is 0 Å². The molecule has 1 amide bonds. The molecule has 0 spiro atoms. The number of nitrogens with zero attached hydrogens (tertiary/aromatic N) is 2. The first-order valence-electron chi connectivity index (χ1n) is 6.75. The van der Waals surface area contributed by atoms with E-state index < -0.39 is 0 Å². The highest BCUT2D eigenvalue weighted by atomic mass is 16.2. The lowest BCUT2D eigenvalue weighted by atomic mass is 9.88. The highest BCUT2D eigenvalue weighted by molar-refractivity contribution is 5.81. The van der Waals surface area contributed by atoms with Crippen LogP contribution < -0.4 is 0 Å². The smallest absolute Gasteiger partial charge is 0.225 e. The van der Waals surface area contributed by atoms with Crippen molar-refractivity contribution in [3.05, 3.63) is 35.9 Å². The number of hydrogen-bond acceptors (Lipinski definition) is 2. The first-order chi connectivity index (χ1) is 8.74. The molecule has 0 aromatic heterocycles. The minimum atomic E-state index is 0.294. The number of likely N-dealkylation sites (tertiary alicyclic amines) is 2. The zero-order chi connectivity index (χ0) is 12.5. The van der Waals surface area contributed by atoms with Crippen LogP contribution in [0.5, 0.6) is 0 Å². The molecule has 1 aromatic carbocycles. The van der Waals surface area contributed by atoms with Crippen LogP contribution in [-0.4, -0.2) is 42.4 Å². The number of rotatable bonds is 2. The highest BCUT2D eigenvalue weighted by Gasteiger charge is 2.41. The van der Waals surface area contributed by atoms with Crippen LogP contribution in [0.25, 0.3) is 0 Å². The average Bonchev–Trinajstić information content (AvgIpc) is 2.66. The van der Waals surface area contributed by atoms with Crippen molar-refractivity contribution in [2.45, 2.75) is 13.0 Å². The lowest BCUT2D eigenvalue weighted by Gasteiger charge is -2.33. The summed E-state index contributed by atoms with van der Waals surface area (Å²) in [6.45, 7) is 4.07. The van der Waals surface area contributed by atoms with E-state index in [1.54, 1.807) is 0 Å². The molecular weight excluding hydrogens is 224 g/mol. The van der Waals surface area contributed by atoms with Gasteiger partial charge in [-0.05, 0) is 18.5 Å². The molecule has 3 nitrogen and oxygen atoms in total. The highest BCUT2D eigenvalue weighted by Crippen LogP contribution is 2.31. The number of amides is 1. The second kappa shape index (κ2) is 4.73. The van der Waals surface area contributed by atoms with E-state index >= 15 is 0 Å². The molecule has 0 radical (unpaired) electrons. The van der Waals surface area contributed by atoms with Crippen molar-refractivity contribution >= 4 is 5.91 Å². The van der Waals surface area contributed by atoms with Gasteiger partial charge < -0.3 is 4.90 Å². The predicted octanol–water partition coefficient (Wildman–Crippen LogP) is 1.60. The summed E-state index contributed by atoms with van der Waals surface area (Å²) >= 11 is 0. The van der Waals surface area contributed by atoms with Gasteiger partial charge in [0, 0.05) is 38.5 Å². The second-order valence-corrected chi connectivity index (χ2v) is 5.59. The van der Waals surface area contributed by atoms with Crippen molar-refractivity contribution in [1.29, 1.82) is 0 Å². The number of fused-ring (bicyclic) bond motifs is 1. The monoisotopic (exact) mass is 244 g/mol. The summed E-state index contributed by atoms with van der Waals surface area (Å²) in [6, 6.07) is 10.6. The largest absolute Gasteiger partial charge is 0.345 e. The lowest BCUT2D eigenvalue weighted by Crippen LogP contribution is -2.40. The van der Waals surface area contributed by atoms with E-state index in [0.717, 1.165) is 32.6 Å². The molecule has 18 heavy (non-hydrogen) atoms. The summed E-state index contributed by atoms with van der Waals surface area (Å²) in [6.07, 6.45) is 1.03. The fraction of sp³-hybridized carbons (Fsp3) is 0.533. The van der Waals surface area contributed by atoms with Crippen LogP contribution in [0.4, 0.5) is 0 Å². The van der Waals surface area contributed by atoms with Gasteiger partial charge in [-0.2, -0.15) is 0 Å². The van der Waals surface area contributed by atoms with Crippen LogP contribution in [0.15, 0.2) is 30.3 Å². The van der Waals surface area contributed by atoms with E-state index in [0.29, 0.717) is 17.7 Å². The van der Waals surface area contributed by atoms with Crippen molar-refractivity contribution < 1.29 is 4.79 Å². The van der Waals surface area contributed by atoms with Crippen LogP contribution in [0.1, 0.15) is 12.0 Å². The standard InChI is InChI=1S/C15H20N2O/c1-16-10-13-11-17(8-7-14(13)15(16)18)9-12-5-3-2-4-6-12/h2-6,13-14H,7-11H2,1H3/t13-,14?/m1/s1. The Morgan fingerprint density at radius 2 is 2.00 bits per heavy atom. The van der Waals surface area contributed by atoms with Gasteiger partial charge in [-0.3, -0.25) is 9.69 Å². The first-order valence-corrected chi connectivity index (χ1v) is 6.75. The van der Waals surface area contributed by atoms with Gasteiger partial charge in [0.2, 0.25) is 5.91 Å². The minimum absolute atomic E-state index is 0.294. The van der Waals surface area contributed by atoms with E-state index in [1.807, 2.05) is 11.9 Å². The number of carbonyl (C=O) groups is 1. The summed E-state index contributed by atoms with van der Waals surface area (Å²) < 4.78 is 0. The topological polar surface area (TPSA) is 23.6 Å². The van der Waals surface area contributed by atoms with Gasteiger partial charge in [0.1, 0.15) is 0 Å². The zero-order valence-electron chi connectivity index (χ0n) is 10.9. The van der Waals surface area contributed by atoms with Crippen LogP contribution in [0, 0.1) is 11.8 Å². The Balaban J connectivity index is 1.63. The molecule has 2 atom stereocenters. The summed E-state index contributed by atoms with van der Waals surface area (Å²) in [5, 5.41) is 0. The molecule has 2 aliphatic rings. The molecule has 96 valence electrons. The normalized spacial score (nSPS) is 28.5. The third kappa shape index (κ3) is 2.15. The molecule has 0 bridgehead atoms. The molecule has 2 fully saturated rings. The lowest BCUT2D eigenvalue weighted by molar-refractivity contribution is -0.130. The molecule has 1 aromatic rings. The van der Waals surface area contributed by atoms with Crippen LogP contribution in [-0.2, 0) is 11.3 Å². The third-order valence-electron chi connectivity index (χ3n) is 4.27. The molecular formula is C15H20N2O. The van der Waals surface area contributed by atoms with Gasteiger partial charge in [0.15, 0.2) is 0 Å². The van der Waals surface area contributed by atoms with E-state index in [2.05, 4.69) is 35.2 Å². The van der Waals surface area contributed by atoms with Crippen molar-refractivity contribution in [3.8, 4) is 0 Å². The predicted molar refractivity (Wildman–Crippen MR) is 71.0 cm³/mol. The Bertz CT molecular complexity index is 431. The summed E-state index contributed by atoms with van der Waals surface area (Å²) in [5.74, 6) is 1.20. The van der Waals surface area contributed by atoms with Crippen molar-refractivity contribution in [2.75, 3.05) is 26.7 Å². The van der Waals surface area contributed by atoms with Crippen molar-refractivity contribution in [1.82, 2.24) is 9.80 Å². The molecule has 0 saturated carbocycles. The quantitative estimate of drug-likeness (QED) is 0.789. The van der Waals surface area contributed by atoms with Gasteiger partial charge in [-0.1, -0.05) is 30.3 Å². The van der Waals surface area contributed by atoms with Gasteiger partial charge >= 0.3 is 0 Å². The Hall–Kier alpha value is -1.35. The Morgan fingerprint density at radius 1 is 1.22 bits per heavy atom. The SMILES string of the molecule is CN1C[C@@H]2CN(Cc3ccccc3)CCC2C1=O. The van der Waals surface area contributed by atoms with Gasteiger partial charge in [-0.25, -0.2) is 0 Å². The molecule has 0 N–H and O–H groups in total. The van der Waals surface area contributed by atoms with Crippen molar-refractivity contribution in [2.24, 2.45) is 11.8 Å². The Kier molecular flexibility index (Phi) is 3.08. The molecule has 3 heteroatoms. The first kappa shape index (κ1) is 11.7. The minimum Gasteiger partial charge on any atom is -0.345 e. The Labute approximate surface area is 108 Å². The molecule has 2 aliphatic heterocycles. The number of carbonyl (C=O) groups excluding carboxylic acids is 1. The maximum Gasteiger partial charge on any atom is 0.225 e. The van der Waals surface area contributed by atoms with E-state index in [9.17, 15) is 4.79 Å². The van der Waals surface area contributed by atoms with Crippen LogP contribution >= 0.6 is 0 Å². The molecule has 1 unspecified atom stereocenters. The zero-order valence-corrected chi connectivity index (χ0v) is 10.9. The summed E-state index contributed by atoms with van der Waals surface area (Å²) in [7, 11) is 1.93. The summed E-state index contributed by atoms with van der Waals surface area (Å²) in [4.78, 5) is 16.3. The molecule has 3 rings (SSSR count). The number of hydrogen-bond donors (Lipinski definition) is 0. The number of benzene rings is 1. The molecule has 2 heterocycles.